The number of carbonyl (C=O) groups is 1. The van der Waals surface area contributed by atoms with Gasteiger partial charge in [-0.3, -0.25) is 9.36 Å². The van der Waals surface area contributed by atoms with E-state index in [1.807, 2.05) is 32.4 Å². The van der Waals surface area contributed by atoms with Crippen molar-refractivity contribution in [3.8, 4) is 11.1 Å². The molecule has 1 fully saturated rings. The second-order valence-corrected chi connectivity index (χ2v) is 10.5. The van der Waals surface area contributed by atoms with Crippen LogP contribution >= 0.6 is 19.1 Å². The predicted molar refractivity (Wildman–Crippen MR) is 142 cm³/mol. The zero-order chi connectivity index (χ0) is 27.5. The molecular formula is C26H37ClF3N2O3P. The molecule has 5 nitrogen and oxygen atoms in total. The first kappa shape index (κ1) is 32.2. The second-order valence-electron chi connectivity index (χ2n) is 7.70. The molecule has 0 spiro atoms. The fourth-order valence-electron chi connectivity index (χ4n) is 3.73. The first-order chi connectivity index (χ1) is 17.0. The van der Waals surface area contributed by atoms with Gasteiger partial charge in [0.2, 0.25) is 0 Å². The Hall–Kier alpha value is -1.86. The molecule has 1 atom stereocenters. The van der Waals surface area contributed by atoms with Crippen molar-refractivity contribution in [1.29, 1.82) is 0 Å². The Bertz CT molecular complexity index is 1030. The SMILES string of the molecule is CC.CC.CCOP(C)(=O)N1CCC(NC(=O)c2cccc(-c3ccc(Cl)c(C(F)(F)F)c3)c2)CC1. The summed E-state index contributed by atoms with van der Waals surface area (Å²) in [6.45, 7) is 12.9. The highest BCUT2D eigenvalue weighted by molar-refractivity contribution is 7.55. The monoisotopic (exact) mass is 548 g/mol. The smallest absolute Gasteiger partial charge is 0.349 e. The number of hydrogen-bond donors (Lipinski definition) is 1. The number of amides is 1. The number of hydrogen-bond acceptors (Lipinski definition) is 3. The third-order valence-electron chi connectivity index (χ3n) is 5.42. The highest BCUT2D eigenvalue weighted by atomic mass is 35.5. The summed E-state index contributed by atoms with van der Waals surface area (Å²) in [5.41, 5.74) is 0.236. The van der Waals surface area contributed by atoms with Crippen LogP contribution in [0.2, 0.25) is 5.02 Å². The quantitative estimate of drug-likeness (QED) is 0.370. The van der Waals surface area contributed by atoms with E-state index in [-0.39, 0.29) is 17.0 Å². The number of benzene rings is 2. The number of nitrogens with one attached hydrogen (secondary N) is 1. The normalized spacial score (nSPS) is 16.1. The van der Waals surface area contributed by atoms with Gasteiger partial charge in [-0.2, -0.15) is 13.2 Å². The maximum atomic E-state index is 13.2. The molecule has 0 saturated carbocycles. The molecule has 2 aromatic carbocycles. The third-order valence-corrected chi connectivity index (χ3v) is 7.91. The molecule has 3 rings (SSSR count). The van der Waals surface area contributed by atoms with Crippen molar-refractivity contribution in [3.05, 3.63) is 58.6 Å². The Morgan fingerprint density at radius 3 is 2.22 bits per heavy atom. The lowest BCUT2D eigenvalue weighted by Gasteiger charge is -2.35. The van der Waals surface area contributed by atoms with Crippen LogP contribution < -0.4 is 5.32 Å². The predicted octanol–water partition coefficient (Wildman–Crippen LogP) is 8.13. The van der Waals surface area contributed by atoms with Crippen molar-refractivity contribution >= 4 is 25.0 Å². The van der Waals surface area contributed by atoms with E-state index in [1.54, 1.807) is 37.9 Å². The Morgan fingerprint density at radius 2 is 1.67 bits per heavy atom. The maximum Gasteiger partial charge on any atom is 0.417 e. The number of carbonyl (C=O) groups excluding carboxylic acids is 1. The van der Waals surface area contributed by atoms with Gasteiger partial charge in [0.15, 0.2) is 0 Å². The van der Waals surface area contributed by atoms with E-state index in [0.717, 1.165) is 6.07 Å². The lowest BCUT2D eigenvalue weighted by Crippen LogP contribution is -2.43. The lowest BCUT2D eigenvalue weighted by molar-refractivity contribution is -0.137. The molecule has 0 aliphatic carbocycles. The molecule has 1 amide bonds. The number of halogens is 4. The van der Waals surface area contributed by atoms with Crippen LogP contribution in [0.5, 0.6) is 0 Å². The summed E-state index contributed by atoms with van der Waals surface area (Å²) in [4.78, 5) is 12.8. The van der Waals surface area contributed by atoms with E-state index in [0.29, 0.717) is 49.2 Å². The van der Waals surface area contributed by atoms with Gasteiger partial charge >= 0.3 is 6.18 Å². The molecule has 1 unspecified atom stereocenters. The topological polar surface area (TPSA) is 58.6 Å². The van der Waals surface area contributed by atoms with Gasteiger partial charge in [0.25, 0.3) is 13.4 Å². The average Bonchev–Trinajstić information content (AvgIpc) is 2.86. The minimum absolute atomic E-state index is 0.0867. The van der Waals surface area contributed by atoms with Crippen LogP contribution in [-0.2, 0) is 15.3 Å². The van der Waals surface area contributed by atoms with E-state index < -0.39 is 19.3 Å². The molecule has 202 valence electrons. The molecule has 36 heavy (non-hydrogen) atoms. The van der Waals surface area contributed by atoms with Gasteiger partial charge in [0.1, 0.15) is 0 Å². The number of alkyl halides is 3. The maximum absolute atomic E-state index is 13.2. The molecule has 2 aromatic rings. The van der Waals surface area contributed by atoms with Crippen molar-refractivity contribution < 1.29 is 27.1 Å². The van der Waals surface area contributed by atoms with E-state index in [1.165, 1.54) is 12.1 Å². The van der Waals surface area contributed by atoms with E-state index in [4.69, 9.17) is 16.1 Å². The van der Waals surface area contributed by atoms with Crippen LogP contribution in [0.15, 0.2) is 42.5 Å². The van der Waals surface area contributed by atoms with Gasteiger partial charge in [-0.15, -0.1) is 0 Å². The van der Waals surface area contributed by atoms with Crippen molar-refractivity contribution in [3.63, 3.8) is 0 Å². The van der Waals surface area contributed by atoms with Crippen molar-refractivity contribution in [1.82, 2.24) is 9.99 Å². The van der Waals surface area contributed by atoms with Crippen LogP contribution in [0.1, 0.15) is 63.4 Å². The zero-order valence-electron chi connectivity index (χ0n) is 21.8. The molecule has 1 aliphatic heterocycles. The molecular weight excluding hydrogens is 512 g/mol. The van der Waals surface area contributed by atoms with Crippen molar-refractivity contribution in [2.45, 2.75) is 59.7 Å². The van der Waals surface area contributed by atoms with Crippen LogP contribution in [0.25, 0.3) is 11.1 Å². The summed E-state index contributed by atoms with van der Waals surface area (Å²) in [6, 6.07) is 10.0. The third kappa shape index (κ3) is 8.91. The fourth-order valence-corrected chi connectivity index (χ4v) is 5.55. The minimum atomic E-state index is -4.57. The highest BCUT2D eigenvalue weighted by Gasteiger charge is 2.33. The summed E-state index contributed by atoms with van der Waals surface area (Å²) in [7, 11) is -2.82. The number of nitrogens with zero attached hydrogens (tertiary/aromatic N) is 1. The summed E-state index contributed by atoms with van der Waals surface area (Å²) in [5, 5.41) is 2.59. The van der Waals surface area contributed by atoms with E-state index in [9.17, 15) is 22.5 Å². The Morgan fingerprint density at radius 1 is 1.08 bits per heavy atom. The lowest BCUT2D eigenvalue weighted by atomic mass is 10.00. The standard InChI is InChI=1S/C22H25ClF3N2O3P.2C2H6/c1-3-31-32(2,30)28-11-9-18(10-12-28)27-21(29)17-6-4-5-15(13-17)16-7-8-20(23)19(14-16)22(24,25)26;2*1-2/h4-8,13-14,18H,3,9-12H2,1-2H3,(H,27,29);2*1-2H3. The molecule has 1 aliphatic rings. The fraction of sp³-hybridized carbons (Fsp3) is 0.500. The van der Waals surface area contributed by atoms with Crippen LogP contribution in [0.4, 0.5) is 13.2 Å². The van der Waals surface area contributed by atoms with Gasteiger partial charge < -0.3 is 9.84 Å². The molecule has 0 bridgehead atoms. The Labute approximate surface area is 217 Å². The van der Waals surface area contributed by atoms with Gasteiger partial charge in [0.05, 0.1) is 17.2 Å². The molecule has 0 radical (unpaired) electrons. The van der Waals surface area contributed by atoms with Crippen molar-refractivity contribution in [2.24, 2.45) is 0 Å². The number of piperidine rings is 1. The summed E-state index contributed by atoms with van der Waals surface area (Å²) in [5.74, 6) is -0.306. The molecule has 0 aromatic heterocycles. The number of rotatable bonds is 6. The Balaban J connectivity index is 0.00000154. The zero-order valence-corrected chi connectivity index (χ0v) is 23.4. The minimum Gasteiger partial charge on any atom is -0.349 e. The first-order valence-corrected chi connectivity index (χ1v) is 14.7. The van der Waals surface area contributed by atoms with E-state index >= 15 is 0 Å². The van der Waals surface area contributed by atoms with Gasteiger partial charge in [0, 0.05) is 31.4 Å². The van der Waals surface area contributed by atoms with Crippen molar-refractivity contribution in [2.75, 3.05) is 26.4 Å². The average molecular weight is 549 g/mol. The first-order valence-electron chi connectivity index (χ1n) is 12.3. The van der Waals surface area contributed by atoms with Crippen LogP contribution in [0, 0.1) is 0 Å². The molecule has 1 N–H and O–H groups in total. The summed E-state index contributed by atoms with van der Waals surface area (Å²) < 4.78 is 59.3. The van der Waals surface area contributed by atoms with Crippen LogP contribution in [0.3, 0.4) is 0 Å². The summed E-state index contributed by atoms with van der Waals surface area (Å²) >= 11 is 5.70. The largest absolute Gasteiger partial charge is 0.417 e. The molecule has 10 heteroatoms. The van der Waals surface area contributed by atoms with E-state index in [2.05, 4.69) is 5.32 Å². The molecule has 1 heterocycles. The van der Waals surface area contributed by atoms with Gasteiger partial charge in [-0.25, -0.2) is 4.67 Å². The van der Waals surface area contributed by atoms with Gasteiger partial charge in [-0.05, 0) is 55.2 Å². The highest BCUT2D eigenvalue weighted by Crippen LogP contribution is 2.48. The second kappa shape index (κ2) is 14.8. The summed E-state index contributed by atoms with van der Waals surface area (Å²) in [6.07, 6.45) is -3.31. The Kier molecular flexibility index (Phi) is 13.2. The van der Waals surface area contributed by atoms with Crippen LogP contribution in [-0.4, -0.2) is 43.0 Å². The molecule has 1 saturated heterocycles. The van der Waals surface area contributed by atoms with Gasteiger partial charge in [-0.1, -0.05) is 57.5 Å².